The van der Waals surface area contributed by atoms with Gasteiger partial charge in [0.25, 0.3) is 0 Å². The standard InChI is InChI=1S/C57H111NO10/c1-3-5-7-9-11-13-15-17-18-19-20-21-22-23-24-25-26-27-28-29-30-31-33-35-37-39-41-43-45-50(61)56(66)58-48(47-67-57-55(65)54(64)53(63)51(46-59)68-57)52(62)49(60)44-42-40-38-36-34-32-16-14-12-10-8-6-4-2/h23-24,48-55,57,59-65H,3-22,25-47H2,1-2H3,(H,58,66)/b24-23-. The number of rotatable bonds is 50. The Labute approximate surface area is 417 Å². The van der Waals surface area contributed by atoms with E-state index in [1.165, 1.54) is 199 Å². The van der Waals surface area contributed by atoms with E-state index in [2.05, 4.69) is 31.3 Å². The molecule has 9 unspecified atom stereocenters. The van der Waals surface area contributed by atoms with Crippen LogP contribution in [0.15, 0.2) is 12.2 Å². The fraction of sp³-hybridized carbons (Fsp3) is 0.947. The zero-order chi connectivity index (χ0) is 49.7. The third-order valence-corrected chi connectivity index (χ3v) is 14.3. The summed E-state index contributed by atoms with van der Waals surface area (Å²) in [4.78, 5) is 13.2. The van der Waals surface area contributed by atoms with Crippen LogP contribution in [-0.2, 0) is 14.3 Å². The van der Waals surface area contributed by atoms with Gasteiger partial charge in [0.1, 0.15) is 36.6 Å². The molecule has 1 rings (SSSR count). The maximum Gasteiger partial charge on any atom is 0.249 e. The van der Waals surface area contributed by atoms with Gasteiger partial charge in [-0.05, 0) is 38.5 Å². The van der Waals surface area contributed by atoms with Gasteiger partial charge in [-0.2, -0.15) is 0 Å². The van der Waals surface area contributed by atoms with Crippen LogP contribution in [0.1, 0.15) is 277 Å². The number of unbranched alkanes of at least 4 members (excludes halogenated alkanes) is 36. The van der Waals surface area contributed by atoms with Crippen LogP contribution in [0, 0.1) is 0 Å². The Hall–Kier alpha value is -1.15. The SMILES string of the molecule is CCCCCCCCCCCCCC/C=C\CCCCCCCCCCCCCCC(O)C(=O)NC(COC1OC(CO)C(O)C(O)C1O)C(O)C(O)CCCCCCCCCCCCCCC. The zero-order valence-electron chi connectivity index (χ0n) is 44.1. The molecule has 0 aliphatic carbocycles. The van der Waals surface area contributed by atoms with Gasteiger partial charge in [-0.1, -0.05) is 251 Å². The summed E-state index contributed by atoms with van der Waals surface area (Å²) >= 11 is 0. The van der Waals surface area contributed by atoms with Gasteiger partial charge in [-0.3, -0.25) is 4.79 Å². The lowest BCUT2D eigenvalue weighted by atomic mass is 9.98. The van der Waals surface area contributed by atoms with E-state index >= 15 is 0 Å². The number of allylic oxidation sites excluding steroid dienone is 2. The highest BCUT2D eigenvalue weighted by Crippen LogP contribution is 2.23. The predicted molar refractivity (Wildman–Crippen MR) is 279 cm³/mol. The van der Waals surface area contributed by atoms with Crippen molar-refractivity contribution in [3.8, 4) is 0 Å². The topological polar surface area (TPSA) is 189 Å². The number of carbonyl (C=O) groups excluding carboxylic acids is 1. The highest BCUT2D eigenvalue weighted by atomic mass is 16.7. The molecular formula is C57H111NO10. The van der Waals surface area contributed by atoms with Gasteiger partial charge in [0.15, 0.2) is 6.29 Å². The average molecular weight is 971 g/mol. The molecule has 1 fully saturated rings. The van der Waals surface area contributed by atoms with Gasteiger partial charge in [-0.25, -0.2) is 0 Å². The van der Waals surface area contributed by atoms with Crippen molar-refractivity contribution >= 4 is 5.91 Å². The largest absolute Gasteiger partial charge is 0.394 e. The lowest BCUT2D eigenvalue weighted by molar-refractivity contribution is -0.303. The second kappa shape index (κ2) is 46.9. The van der Waals surface area contributed by atoms with Crippen molar-refractivity contribution in [2.24, 2.45) is 0 Å². The summed E-state index contributed by atoms with van der Waals surface area (Å²) in [6, 6.07) is -1.16. The first-order valence-corrected chi connectivity index (χ1v) is 29.1. The second-order valence-corrected chi connectivity index (χ2v) is 20.7. The molecule has 11 heteroatoms. The summed E-state index contributed by atoms with van der Waals surface area (Å²) in [5.41, 5.74) is 0. The number of carbonyl (C=O) groups is 1. The maximum absolute atomic E-state index is 13.2. The lowest BCUT2D eigenvalue weighted by Crippen LogP contribution is -2.60. The highest BCUT2D eigenvalue weighted by Gasteiger charge is 2.44. The van der Waals surface area contributed by atoms with Gasteiger partial charge < -0.3 is 50.5 Å². The van der Waals surface area contributed by atoms with Gasteiger partial charge in [0.05, 0.1) is 25.4 Å². The average Bonchev–Trinajstić information content (AvgIpc) is 3.34. The number of aliphatic hydroxyl groups is 7. The molecule has 1 amide bonds. The van der Waals surface area contributed by atoms with E-state index in [1.807, 2.05) is 0 Å². The van der Waals surface area contributed by atoms with Crippen molar-refractivity contribution in [3.63, 3.8) is 0 Å². The van der Waals surface area contributed by atoms with Crippen LogP contribution in [0.2, 0.25) is 0 Å². The number of nitrogens with one attached hydrogen (secondary N) is 1. The van der Waals surface area contributed by atoms with Crippen LogP contribution in [0.25, 0.3) is 0 Å². The van der Waals surface area contributed by atoms with Crippen LogP contribution in [0.3, 0.4) is 0 Å². The summed E-state index contributed by atoms with van der Waals surface area (Å²) in [6.07, 6.45) is 42.8. The molecule has 0 aromatic heterocycles. The Morgan fingerprint density at radius 1 is 0.500 bits per heavy atom. The first-order chi connectivity index (χ1) is 33.2. The molecule has 0 radical (unpaired) electrons. The first kappa shape index (κ1) is 64.9. The Balaban J connectivity index is 2.24. The van der Waals surface area contributed by atoms with E-state index < -0.39 is 74.2 Å². The van der Waals surface area contributed by atoms with Crippen LogP contribution in [0.4, 0.5) is 0 Å². The van der Waals surface area contributed by atoms with E-state index in [4.69, 9.17) is 9.47 Å². The molecule has 1 saturated heterocycles. The summed E-state index contributed by atoms with van der Waals surface area (Å²) in [5, 5.41) is 76.0. The Bertz CT molecular complexity index is 1110. The first-order valence-electron chi connectivity index (χ1n) is 29.1. The van der Waals surface area contributed by atoms with E-state index in [0.717, 1.165) is 38.5 Å². The predicted octanol–water partition coefficient (Wildman–Crippen LogP) is 12.0. The van der Waals surface area contributed by atoms with E-state index in [-0.39, 0.29) is 6.42 Å². The monoisotopic (exact) mass is 970 g/mol. The molecule has 1 aliphatic heterocycles. The van der Waals surface area contributed by atoms with Crippen LogP contribution in [0.5, 0.6) is 0 Å². The fourth-order valence-electron chi connectivity index (χ4n) is 9.56. The molecular weight excluding hydrogens is 859 g/mol. The highest BCUT2D eigenvalue weighted by molar-refractivity contribution is 5.80. The van der Waals surface area contributed by atoms with Crippen molar-refractivity contribution in [1.29, 1.82) is 0 Å². The smallest absolute Gasteiger partial charge is 0.249 e. The van der Waals surface area contributed by atoms with Crippen molar-refractivity contribution in [3.05, 3.63) is 12.2 Å². The Kier molecular flexibility index (Phi) is 44.7. The Morgan fingerprint density at radius 2 is 0.853 bits per heavy atom. The molecule has 68 heavy (non-hydrogen) atoms. The molecule has 404 valence electrons. The van der Waals surface area contributed by atoms with Crippen LogP contribution >= 0.6 is 0 Å². The zero-order valence-corrected chi connectivity index (χ0v) is 44.1. The fourth-order valence-corrected chi connectivity index (χ4v) is 9.56. The van der Waals surface area contributed by atoms with Crippen molar-refractivity contribution in [1.82, 2.24) is 5.32 Å². The summed E-state index contributed by atoms with van der Waals surface area (Å²) < 4.78 is 11.1. The minimum atomic E-state index is -1.66. The van der Waals surface area contributed by atoms with Crippen molar-refractivity contribution in [2.45, 2.75) is 332 Å². The quantitative estimate of drug-likeness (QED) is 0.0215. The van der Waals surface area contributed by atoms with E-state index in [9.17, 15) is 40.5 Å². The third kappa shape index (κ3) is 35.1. The van der Waals surface area contributed by atoms with Crippen molar-refractivity contribution < 1.29 is 50.0 Å². The number of aliphatic hydroxyl groups excluding tert-OH is 7. The molecule has 1 heterocycles. The molecule has 0 aromatic carbocycles. The maximum atomic E-state index is 13.2. The Morgan fingerprint density at radius 3 is 1.24 bits per heavy atom. The number of amides is 1. The minimum Gasteiger partial charge on any atom is -0.394 e. The second-order valence-electron chi connectivity index (χ2n) is 20.7. The number of ether oxygens (including phenoxy) is 2. The lowest BCUT2D eigenvalue weighted by Gasteiger charge is -2.40. The van der Waals surface area contributed by atoms with Gasteiger partial charge >= 0.3 is 0 Å². The minimum absolute atomic E-state index is 0.263. The van der Waals surface area contributed by atoms with Gasteiger partial charge in [0.2, 0.25) is 5.91 Å². The summed E-state index contributed by atoms with van der Waals surface area (Å²) in [6.45, 7) is 3.47. The molecule has 0 spiro atoms. The third-order valence-electron chi connectivity index (χ3n) is 14.3. The van der Waals surface area contributed by atoms with Crippen molar-refractivity contribution in [2.75, 3.05) is 13.2 Å². The molecule has 0 saturated carbocycles. The van der Waals surface area contributed by atoms with E-state index in [1.54, 1.807) is 0 Å². The van der Waals surface area contributed by atoms with Crippen LogP contribution in [-0.4, -0.2) is 110 Å². The number of hydrogen-bond donors (Lipinski definition) is 8. The van der Waals surface area contributed by atoms with Gasteiger partial charge in [0, 0.05) is 0 Å². The molecule has 0 bridgehead atoms. The molecule has 9 atom stereocenters. The normalized spacial score (nSPS) is 20.5. The molecule has 8 N–H and O–H groups in total. The molecule has 0 aromatic rings. The summed E-state index contributed by atoms with van der Waals surface area (Å²) in [7, 11) is 0. The molecule has 1 aliphatic rings. The summed E-state index contributed by atoms with van der Waals surface area (Å²) in [5.74, 6) is -0.693. The van der Waals surface area contributed by atoms with E-state index in [0.29, 0.717) is 19.3 Å². The van der Waals surface area contributed by atoms with Gasteiger partial charge in [-0.15, -0.1) is 0 Å². The van der Waals surface area contributed by atoms with Crippen LogP contribution < -0.4 is 5.32 Å². The molecule has 11 nitrogen and oxygen atoms in total. The number of hydrogen-bond acceptors (Lipinski definition) is 10.